The van der Waals surface area contributed by atoms with Crippen LogP contribution in [0.2, 0.25) is 6.82 Å². The van der Waals surface area contributed by atoms with Crippen molar-refractivity contribution in [3.63, 3.8) is 0 Å². The summed E-state index contributed by atoms with van der Waals surface area (Å²) in [5.41, 5.74) is 4.38. The van der Waals surface area contributed by atoms with Crippen LogP contribution in [-0.4, -0.2) is 17.2 Å². The minimum Gasteiger partial charge on any atom is -0.268 e. The molecule has 0 bridgehead atoms. The summed E-state index contributed by atoms with van der Waals surface area (Å²) in [6, 6.07) is 12.3. The number of pyridine rings is 2. The first kappa shape index (κ1) is 10.9. The zero-order valence-electron chi connectivity index (χ0n) is 9.77. The van der Waals surface area contributed by atoms with Gasteiger partial charge in [-0.15, -0.1) is 0 Å². The summed E-state index contributed by atoms with van der Waals surface area (Å²) in [7, 11) is 0.981. The average molecular weight is 210 g/mol. The summed E-state index contributed by atoms with van der Waals surface area (Å²) in [6.07, 6.45) is 0.815. The molecule has 0 unspecified atom stereocenters. The highest BCUT2D eigenvalue weighted by atomic mass is 14.7. The van der Waals surface area contributed by atoms with Crippen LogP contribution in [0, 0.1) is 6.92 Å². The zero-order valence-corrected chi connectivity index (χ0v) is 9.77. The zero-order chi connectivity index (χ0) is 11.4. The van der Waals surface area contributed by atoms with Crippen LogP contribution in [0.15, 0.2) is 36.4 Å². The van der Waals surface area contributed by atoms with Gasteiger partial charge in [-0.1, -0.05) is 25.0 Å². The van der Waals surface area contributed by atoms with E-state index < -0.39 is 0 Å². The third kappa shape index (κ3) is 2.69. The normalized spacial score (nSPS) is 10.1. The molecular weight excluding hydrogens is 195 g/mol. The van der Waals surface area contributed by atoms with Crippen molar-refractivity contribution < 1.29 is 0 Å². The third-order valence-corrected chi connectivity index (χ3v) is 2.53. The Morgan fingerprint density at radius 2 is 1.69 bits per heavy atom. The standard InChI is InChI=1S/C13H15BN2/c1-10-5-3-6-11(15-10)9-12-7-4-8-13(14-2)16-12/h3-8,14H,9H2,1-2H3. The van der Waals surface area contributed by atoms with Crippen molar-refractivity contribution in [2.24, 2.45) is 0 Å². The summed E-state index contributed by atoms with van der Waals surface area (Å²) < 4.78 is 0. The third-order valence-electron chi connectivity index (χ3n) is 2.53. The highest BCUT2D eigenvalue weighted by Crippen LogP contribution is 2.04. The molecule has 3 heteroatoms. The van der Waals surface area contributed by atoms with E-state index in [9.17, 15) is 0 Å². The van der Waals surface area contributed by atoms with Crippen molar-refractivity contribution in [3.05, 3.63) is 53.5 Å². The molecule has 0 fully saturated rings. The summed E-state index contributed by atoms with van der Waals surface area (Å²) in [6.45, 7) is 4.14. The van der Waals surface area contributed by atoms with E-state index in [0.717, 1.165) is 36.4 Å². The first-order chi connectivity index (χ1) is 7.78. The number of hydrogen-bond donors (Lipinski definition) is 0. The molecule has 2 heterocycles. The Hall–Kier alpha value is -1.64. The van der Waals surface area contributed by atoms with Crippen molar-refractivity contribution in [3.8, 4) is 0 Å². The molecule has 0 spiro atoms. The van der Waals surface area contributed by atoms with Gasteiger partial charge in [-0.25, -0.2) is 0 Å². The second kappa shape index (κ2) is 4.93. The fourth-order valence-corrected chi connectivity index (χ4v) is 1.71. The van der Waals surface area contributed by atoms with Gasteiger partial charge < -0.3 is 0 Å². The fraction of sp³-hybridized carbons (Fsp3) is 0.231. The fourth-order valence-electron chi connectivity index (χ4n) is 1.71. The Morgan fingerprint density at radius 1 is 1.00 bits per heavy atom. The predicted octanol–water partition coefficient (Wildman–Crippen LogP) is 1.49. The Kier molecular flexibility index (Phi) is 3.35. The first-order valence-corrected chi connectivity index (χ1v) is 5.65. The number of nitrogens with zero attached hydrogens (tertiary/aromatic N) is 2. The van der Waals surface area contributed by atoms with E-state index in [-0.39, 0.29) is 0 Å². The van der Waals surface area contributed by atoms with Crippen LogP contribution in [0.1, 0.15) is 17.1 Å². The predicted molar refractivity (Wildman–Crippen MR) is 68.7 cm³/mol. The van der Waals surface area contributed by atoms with Crippen LogP contribution in [0.25, 0.3) is 0 Å². The number of aromatic nitrogens is 2. The van der Waals surface area contributed by atoms with Crippen molar-refractivity contribution in [1.29, 1.82) is 0 Å². The van der Waals surface area contributed by atoms with Gasteiger partial charge >= 0.3 is 0 Å². The van der Waals surface area contributed by atoms with Crippen molar-refractivity contribution in [2.75, 3.05) is 0 Å². The van der Waals surface area contributed by atoms with E-state index in [0.29, 0.717) is 0 Å². The largest absolute Gasteiger partial charge is 0.268 e. The lowest BCUT2D eigenvalue weighted by molar-refractivity contribution is 0.999. The van der Waals surface area contributed by atoms with E-state index in [2.05, 4.69) is 35.0 Å². The second-order valence-electron chi connectivity index (χ2n) is 3.92. The van der Waals surface area contributed by atoms with Crippen LogP contribution in [0.4, 0.5) is 0 Å². The Labute approximate surface area is 97.0 Å². The first-order valence-electron chi connectivity index (χ1n) is 5.65. The van der Waals surface area contributed by atoms with Gasteiger partial charge in [0.25, 0.3) is 0 Å². The second-order valence-corrected chi connectivity index (χ2v) is 3.92. The van der Waals surface area contributed by atoms with Gasteiger partial charge in [0, 0.05) is 23.5 Å². The molecule has 0 aliphatic rings. The molecule has 0 atom stereocenters. The number of hydrogen-bond acceptors (Lipinski definition) is 2. The van der Waals surface area contributed by atoms with Crippen molar-refractivity contribution in [2.45, 2.75) is 20.2 Å². The minimum absolute atomic E-state index is 0.815. The maximum Gasteiger partial charge on any atom is 0.179 e. The summed E-state index contributed by atoms with van der Waals surface area (Å²) in [4.78, 5) is 9.06. The summed E-state index contributed by atoms with van der Waals surface area (Å²) in [5, 5.41) is 0. The van der Waals surface area contributed by atoms with Gasteiger partial charge in [-0.3, -0.25) is 9.97 Å². The SMILES string of the molecule is CBc1cccc(Cc2cccc(C)n2)n1. The molecule has 0 aliphatic heterocycles. The van der Waals surface area contributed by atoms with Gasteiger partial charge in [-0.05, 0) is 30.7 Å². The lowest BCUT2D eigenvalue weighted by Gasteiger charge is -2.03. The molecule has 2 rings (SSSR count). The van der Waals surface area contributed by atoms with Crippen LogP contribution in [0.3, 0.4) is 0 Å². The molecule has 0 saturated carbocycles. The maximum atomic E-state index is 4.58. The van der Waals surface area contributed by atoms with Gasteiger partial charge in [0.15, 0.2) is 7.28 Å². The molecule has 2 aromatic heterocycles. The molecule has 0 radical (unpaired) electrons. The molecule has 2 nitrogen and oxygen atoms in total. The van der Waals surface area contributed by atoms with Crippen molar-refractivity contribution >= 4 is 12.9 Å². The molecule has 0 amide bonds. The lowest BCUT2D eigenvalue weighted by atomic mass is 9.77. The van der Waals surface area contributed by atoms with Gasteiger partial charge in [0.05, 0.1) is 0 Å². The lowest BCUT2D eigenvalue weighted by Crippen LogP contribution is -2.16. The van der Waals surface area contributed by atoms with E-state index in [1.54, 1.807) is 0 Å². The molecule has 0 aliphatic carbocycles. The van der Waals surface area contributed by atoms with Gasteiger partial charge in [-0.2, -0.15) is 0 Å². The van der Waals surface area contributed by atoms with Crippen LogP contribution in [0.5, 0.6) is 0 Å². The molecule has 2 aromatic rings. The number of rotatable bonds is 3. The van der Waals surface area contributed by atoms with E-state index in [1.807, 2.05) is 25.1 Å². The Morgan fingerprint density at radius 3 is 2.38 bits per heavy atom. The molecular formula is C13H15BN2. The van der Waals surface area contributed by atoms with E-state index >= 15 is 0 Å². The quantitative estimate of drug-likeness (QED) is 0.717. The molecule has 0 saturated heterocycles. The molecule has 0 aromatic carbocycles. The van der Waals surface area contributed by atoms with E-state index in [1.165, 1.54) is 0 Å². The van der Waals surface area contributed by atoms with Gasteiger partial charge in [0.1, 0.15) is 0 Å². The highest BCUT2D eigenvalue weighted by Gasteiger charge is 2.00. The monoisotopic (exact) mass is 210 g/mol. The highest BCUT2D eigenvalue weighted by molar-refractivity contribution is 6.50. The van der Waals surface area contributed by atoms with Crippen LogP contribution >= 0.6 is 0 Å². The summed E-state index contributed by atoms with van der Waals surface area (Å²) in [5.74, 6) is 0. The topological polar surface area (TPSA) is 25.8 Å². The maximum absolute atomic E-state index is 4.58. The summed E-state index contributed by atoms with van der Waals surface area (Å²) >= 11 is 0. The van der Waals surface area contributed by atoms with Crippen LogP contribution in [-0.2, 0) is 6.42 Å². The van der Waals surface area contributed by atoms with E-state index in [4.69, 9.17) is 0 Å². The Bertz CT molecular complexity index is 483. The number of aryl methyl sites for hydroxylation is 1. The Balaban J connectivity index is 2.20. The molecule has 0 N–H and O–H groups in total. The molecule has 80 valence electrons. The van der Waals surface area contributed by atoms with Crippen molar-refractivity contribution in [1.82, 2.24) is 9.97 Å². The minimum atomic E-state index is 0.815. The molecule has 16 heavy (non-hydrogen) atoms. The van der Waals surface area contributed by atoms with Crippen LogP contribution < -0.4 is 5.59 Å². The average Bonchev–Trinajstić information content (AvgIpc) is 2.29. The smallest absolute Gasteiger partial charge is 0.179 e. The van der Waals surface area contributed by atoms with Gasteiger partial charge in [0.2, 0.25) is 0 Å².